The minimum atomic E-state index is -0.171. The third-order valence-electron chi connectivity index (χ3n) is 2.52. The van der Waals surface area contributed by atoms with Gasteiger partial charge >= 0.3 is 0 Å². The number of benzene rings is 2. The molecule has 0 amide bonds. The molecule has 0 spiro atoms. The number of hydrogen-bond acceptors (Lipinski definition) is 0. The molecule has 2 aromatic carbocycles. The van der Waals surface area contributed by atoms with Crippen molar-refractivity contribution < 1.29 is 4.39 Å². The van der Waals surface area contributed by atoms with Crippen molar-refractivity contribution >= 4 is 10.8 Å². The third-order valence-corrected chi connectivity index (χ3v) is 2.52. The molecule has 0 heterocycles. The predicted molar refractivity (Wildman–Crippen MR) is 80.7 cm³/mol. The summed E-state index contributed by atoms with van der Waals surface area (Å²) in [6, 6.07) is 8.90. The fraction of sp³-hybridized carbons (Fsp3) is 0.412. The SMILES string of the molecule is CC.CCC.Cc1ccc2cc(F)ccc2c1C. The first kappa shape index (κ1) is 16.6. The van der Waals surface area contributed by atoms with Crippen LogP contribution in [0.15, 0.2) is 30.3 Å². The molecular weight excluding hydrogens is 223 g/mol. The van der Waals surface area contributed by atoms with Crippen LogP contribution in [0.2, 0.25) is 0 Å². The molecule has 0 fully saturated rings. The summed E-state index contributed by atoms with van der Waals surface area (Å²) in [6.07, 6.45) is 1.25. The van der Waals surface area contributed by atoms with Gasteiger partial charge in [-0.3, -0.25) is 0 Å². The van der Waals surface area contributed by atoms with Crippen LogP contribution >= 0.6 is 0 Å². The highest BCUT2D eigenvalue weighted by Gasteiger charge is 2.00. The van der Waals surface area contributed by atoms with Gasteiger partial charge in [0.15, 0.2) is 0 Å². The van der Waals surface area contributed by atoms with Crippen LogP contribution in [0, 0.1) is 19.7 Å². The lowest BCUT2D eigenvalue weighted by atomic mass is 10.0. The van der Waals surface area contributed by atoms with E-state index in [-0.39, 0.29) is 5.82 Å². The molecule has 0 aromatic heterocycles. The van der Waals surface area contributed by atoms with Gasteiger partial charge in [0, 0.05) is 0 Å². The van der Waals surface area contributed by atoms with E-state index in [0.29, 0.717) is 0 Å². The number of rotatable bonds is 0. The van der Waals surface area contributed by atoms with Crippen molar-refractivity contribution in [2.45, 2.75) is 48.0 Å². The normalized spacial score (nSPS) is 9.06. The van der Waals surface area contributed by atoms with Crippen molar-refractivity contribution in [3.8, 4) is 0 Å². The first-order valence-corrected chi connectivity index (χ1v) is 6.75. The van der Waals surface area contributed by atoms with E-state index in [9.17, 15) is 4.39 Å². The second kappa shape index (κ2) is 8.68. The van der Waals surface area contributed by atoms with Crippen LogP contribution < -0.4 is 0 Å². The minimum absolute atomic E-state index is 0.171. The molecule has 100 valence electrons. The van der Waals surface area contributed by atoms with Crippen LogP contribution in [0.1, 0.15) is 45.2 Å². The van der Waals surface area contributed by atoms with Gasteiger partial charge in [-0.05, 0) is 47.9 Å². The standard InChI is InChI=1S/C12H11F.C3H8.C2H6/c1-8-3-4-10-7-11(13)5-6-12(10)9(8)2;1-3-2;1-2/h3-7H,1-2H3;3H2,1-2H3;1-2H3. The molecule has 0 saturated carbocycles. The van der Waals surface area contributed by atoms with Crippen molar-refractivity contribution in [1.82, 2.24) is 0 Å². The van der Waals surface area contributed by atoms with E-state index in [1.807, 2.05) is 32.0 Å². The van der Waals surface area contributed by atoms with Crippen molar-refractivity contribution in [3.05, 3.63) is 47.3 Å². The number of hydrogen-bond donors (Lipinski definition) is 0. The van der Waals surface area contributed by atoms with E-state index in [0.717, 1.165) is 10.8 Å². The molecule has 2 rings (SSSR count). The third kappa shape index (κ3) is 4.48. The van der Waals surface area contributed by atoms with Crippen LogP contribution in [0.25, 0.3) is 10.8 Å². The zero-order valence-corrected chi connectivity index (χ0v) is 12.5. The Morgan fingerprint density at radius 2 is 1.50 bits per heavy atom. The number of fused-ring (bicyclic) bond motifs is 1. The van der Waals surface area contributed by atoms with Crippen LogP contribution in [0.5, 0.6) is 0 Å². The molecule has 0 unspecified atom stereocenters. The van der Waals surface area contributed by atoms with Gasteiger partial charge in [-0.2, -0.15) is 0 Å². The Labute approximate surface area is 111 Å². The molecule has 0 atom stereocenters. The molecule has 0 saturated heterocycles. The lowest BCUT2D eigenvalue weighted by Gasteiger charge is -2.04. The van der Waals surface area contributed by atoms with E-state index in [4.69, 9.17) is 0 Å². The molecule has 0 aliphatic carbocycles. The summed E-state index contributed by atoms with van der Waals surface area (Å²) in [6.45, 7) is 12.4. The smallest absolute Gasteiger partial charge is 0.123 e. The van der Waals surface area contributed by atoms with Crippen LogP contribution in [-0.2, 0) is 0 Å². The summed E-state index contributed by atoms with van der Waals surface area (Å²) in [5, 5.41) is 2.12. The second-order valence-corrected chi connectivity index (χ2v) is 4.08. The minimum Gasteiger partial charge on any atom is -0.207 e. The summed E-state index contributed by atoms with van der Waals surface area (Å²) >= 11 is 0. The van der Waals surface area contributed by atoms with Gasteiger partial charge < -0.3 is 0 Å². The number of aryl methyl sites for hydroxylation is 2. The van der Waals surface area contributed by atoms with Gasteiger partial charge in [-0.1, -0.05) is 52.3 Å². The van der Waals surface area contributed by atoms with Crippen LogP contribution in [-0.4, -0.2) is 0 Å². The fourth-order valence-electron chi connectivity index (χ4n) is 1.57. The van der Waals surface area contributed by atoms with Gasteiger partial charge in [-0.15, -0.1) is 0 Å². The Balaban J connectivity index is 0.000000509. The zero-order chi connectivity index (χ0) is 14.1. The lowest BCUT2D eigenvalue weighted by molar-refractivity contribution is 0.629. The largest absolute Gasteiger partial charge is 0.207 e. The average Bonchev–Trinajstić information content (AvgIpc) is 2.37. The average molecular weight is 248 g/mol. The Morgan fingerprint density at radius 1 is 0.944 bits per heavy atom. The van der Waals surface area contributed by atoms with Crippen LogP contribution in [0.4, 0.5) is 4.39 Å². The molecule has 18 heavy (non-hydrogen) atoms. The Morgan fingerprint density at radius 3 is 2.06 bits per heavy atom. The highest BCUT2D eigenvalue weighted by atomic mass is 19.1. The molecular formula is C17H25F. The van der Waals surface area contributed by atoms with Crippen molar-refractivity contribution in [2.24, 2.45) is 0 Å². The van der Waals surface area contributed by atoms with Crippen molar-refractivity contribution in [1.29, 1.82) is 0 Å². The second-order valence-electron chi connectivity index (χ2n) is 4.08. The van der Waals surface area contributed by atoms with E-state index in [1.54, 1.807) is 6.07 Å². The molecule has 0 nitrogen and oxygen atoms in total. The van der Waals surface area contributed by atoms with Crippen LogP contribution in [0.3, 0.4) is 0 Å². The molecule has 1 heteroatoms. The zero-order valence-electron chi connectivity index (χ0n) is 12.5. The van der Waals surface area contributed by atoms with Crippen molar-refractivity contribution in [3.63, 3.8) is 0 Å². The molecule has 0 radical (unpaired) electrons. The summed E-state index contributed by atoms with van der Waals surface area (Å²) in [5.74, 6) is -0.171. The van der Waals surface area contributed by atoms with E-state index < -0.39 is 0 Å². The Bertz CT molecular complexity index is 472. The Hall–Kier alpha value is -1.37. The summed E-state index contributed by atoms with van der Waals surface area (Å²) in [7, 11) is 0. The Kier molecular flexibility index (Phi) is 8.02. The topological polar surface area (TPSA) is 0 Å². The number of halogens is 1. The first-order valence-electron chi connectivity index (χ1n) is 6.75. The molecule has 0 aliphatic rings. The highest BCUT2D eigenvalue weighted by molar-refractivity contribution is 5.86. The van der Waals surface area contributed by atoms with E-state index >= 15 is 0 Å². The molecule has 0 bridgehead atoms. The van der Waals surface area contributed by atoms with E-state index in [1.165, 1.54) is 23.6 Å². The molecule has 2 aromatic rings. The summed E-state index contributed by atoms with van der Waals surface area (Å²) < 4.78 is 12.9. The van der Waals surface area contributed by atoms with Gasteiger partial charge in [0.1, 0.15) is 5.82 Å². The first-order chi connectivity index (χ1) is 8.60. The van der Waals surface area contributed by atoms with E-state index in [2.05, 4.69) is 27.7 Å². The maximum absolute atomic E-state index is 12.9. The van der Waals surface area contributed by atoms with Crippen molar-refractivity contribution in [2.75, 3.05) is 0 Å². The quantitative estimate of drug-likeness (QED) is 0.533. The maximum Gasteiger partial charge on any atom is 0.123 e. The fourth-order valence-corrected chi connectivity index (χ4v) is 1.57. The predicted octanol–water partition coefficient (Wildman–Crippen LogP) is 6.04. The van der Waals surface area contributed by atoms with Gasteiger partial charge in [0.2, 0.25) is 0 Å². The monoisotopic (exact) mass is 248 g/mol. The lowest BCUT2D eigenvalue weighted by Crippen LogP contribution is -1.84. The van der Waals surface area contributed by atoms with Gasteiger partial charge in [0.05, 0.1) is 0 Å². The summed E-state index contributed by atoms with van der Waals surface area (Å²) in [4.78, 5) is 0. The van der Waals surface area contributed by atoms with Gasteiger partial charge in [-0.25, -0.2) is 4.39 Å². The molecule has 0 N–H and O–H groups in total. The maximum atomic E-state index is 12.9. The van der Waals surface area contributed by atoms with Gasteiger partial charge in [0.25, 0.3) is 0 Å². The summed E-state index contributed by atoms with van der Waals surface area (Å²) in [5.41, 5.74) is 2.48. The molecule has 0 aliphatic heterocycles. The highest BCUT2D eigenvalue weighted by Crippen LogP contribution is 2.21.